The van der Waals surface area contributed by atoms with Crippen LogP contribution in [0.3, 0.4) is 0 Å². The molecule has 0 heterocycles. The summed E-state index contributed by atoms with van der Waals surface area (Å²) in [7, 11) is 1.55. The number of ether oxygens (including phenoxy) is 3. The zero-order chi connectivity index (χ0) is 18.1. The minimum Gasteiger partial charge on any atom is -0.493 e. The van der Waals surface area contributed by atoms with Crippen LogP contribution in [0.4, 0.5) is 0 Å². The number of aliphatic hydroxyl groups is 1. The Balaban J connectivity index is 2.64. The summed E-state index contributed by atoms with van der Waals surface area (Å²) in [5.41, 5.74) is 6.86. The van der Waals surface area contributed by atoms with E-state index in [-0.39, 0.29) is 24.5 Å². The average Bonchev–Trinajstić information content (AvgIpc) is 2.57. The van der Waals surface area contributed by atoms with Crippen LogP contribution in [0.2, 0.25) is 0 Å². The molecule has 0 saturated heterocycles. The number of hydrogen-bond donors (Lipinski definition) is 2. The highest BCUT2D eigenvalue weighted by molar-refractivity contribution is 5.69. The van der Waals surface area contributed by atoms with Crippen molar-refractivity contribution in [2.24, 2.45) is 11.7 Å². The minimum atomic E-state index is -0.752. The van der Waals surface area contributed by atoms with E-state index in [0.717, 1.165) is 5.56 Å². The number of nitrogens with two attached hydrogens (primary N) is 1. The molecule has 136 valence electrons. The Labute approximate surface area is 143 Å². The van der Waals surface area contributed by atoms with E-state index in [4.69, 9.17) is 19.9 Å². The number of benzene rings is 1. The summed E-state index contributed by atoms with van der Waals surface area (Å²) in [5, 5.41) is 10.0. The van der Waals surface area contributed by atoms with Gasteiger partial charge >= 0.3 is 5.97 Å². The molecule has 1 rings (SSSR count). The Kier molecular flexibility index (Phi) is 8.57. The summed E-state index contributed by atoms with van der Waals surface area (Å²) in [4.78, 5) is 11.4. The Morgan fingerprint density at radius 3 is 2.58 bits per heavy atom. The lowest BCUT2D eigenvalue weighted by molar-refractivity contribution is -0.143. The first-order chi connectivity index (χ1) is 11.4. The number of carbonyl (C=O) groups is 1. The van der Waals surface area contributed by atoms with E-state index in [0.29, 0.717) is 30.9 Å². The lowest BCUT2D eigenvalue weighted by atomic mass is 10.0. The van der Waals surface area contributed by atoms with Gasteiger partial charge in [-0.25, -0.2) is 0 Å². The first-order valence-electron chi connectivity index (χ1n) is 8.28. The molecule has 3 N–H and O–H groups in total. The molecule has 6 nitrogen and oxygen atoms in total. The summed E-state index contributed by atoms with van der Waals surface area (Å²) < 4.78 is 15.9. The summed E-state index contributed by atoms with van der Waals surface area (Å²) in [6.07, 6.45) is 0.133. The molecule has 2 atom stereocenters. The van der Waals surface area contributed by atoms with Crippen LogP contribution < -0.4 is 15.2 Å². The van der Waals surface area contributed by atoms with E-state index < -0.39 is 6.10 Å². The second-order valence-electron chi connectivity index (χ2n) is 5.99. The zero-order valence-electron chi connectivity index (χ0n) is 15.0. The van der Waals surface area contributed by atoms with E-state index in [1.165, 1.54) is 0 Å². The maximum atomic E-state index is 11.4. The Morgan fingerprint density at radius 1 is 1.29 bits per heavy atom. The molecule has 1 aromatic carbocycles. The van der Waals surface area contributed by atoms with Crippen molar-refractivity contribution in [3.05, 3.63) is 23.8 Å². The zero-order valence-corrected chi connectivity index (χ0v) is 15.0. The third kappa shape index (κ3) is 6.37. The molecule has 0 radical (unpaired) electrons. The SMILES string of the molecule is CCOC(=O)CCc1ccc(OCC(O)C(N)C(C)C)c(OC)c1. The van der Waals surface area contributed by atoms with Gasteiger partial charge in [0.05, 0.1) is 13.7 Å². The molecule has 0 spiro atoms. The lowest BCUT2D eigenvalue weighted by Gasteiger charge is -2.22. The molecule has 0 saturated carbocycles. The van der Waals surface area contributed by atoms with Gasteiger partial charge in [-0.2, -0.15) is 0 Å². The standard InChI is InChI=1S/C18H29NO5/c1-5-23-17(21)9-7-13-6-8-15(16(10-13)22-4)24-11-14(20)18(19)12(2)3/h6,8,10,12,14,18,20H,5,7,9,11,19H2,1-4H3. The fourth-order valence-corrected chi connectivity index (χ4v) is 2.20. The van der Waals surface area contributed by atoms with Crippen molar-refractivity contribution in [2.75, 3.05) is 20.3 Å². The highest BCUT2D eigenvalue weighted by atomic mass is 16.5. The number of methoxy groups -OCH3 is 1. The molecule has 6 heteroatoms. The third-order valence-corrected chi connectivity index (χ3v) is 3.77. The summed E-state index contributed by atoms with van der Waals surface area (Å²) in [5.74, 6) is 1.03. The van der Waals surface area contributed by atoms with Gasteiger partial charge in [0.25, 0.3) is 0 Å². The summed E-state index contributed by atoms with van der Waals surface area (Å²) >= 11 is 0. The first-order valence-corrected chi connectivity index (χ1v) is 8.28. The minimum absolute atomic E-state index is 0.0951. The Morgan fingerprint density at radius 2 is 2.00 bits per heavy atom. The fourth-order valence-electron chi connectivity index (χ4n) is 2.20. The van der Waals surface area contributed by atoms with Gasteiger partial charge in [0.15, 0.2) is 11.5 Å². The monoisotopic (exact) mass is 339 g/mol. The largest absolute Gasteiger partial charge is 0.493 e. The predicted molar refractivity (Wildman–Crippen MR) is 92.3 cm³/mol. The van der Waals surface area contributed by atoms with Crippen LogP contribution in [-0.4, -0.2) is 43.5 Å². The number of hydrogen-bond acceptors (Lipinski definition) is 6. The lowest BCUT2D eigenvalue weighted by Crippen LogP contribution is -2.42. The number of aryl methyl sites for hydroxylation is 1. The maximum Gasteiger partial charge on any atom is 0.306 e. The van der Waals surface area contributed by atoms with Crippen LogP contribution in [0.15, 0.2) is 18.2 Å². The molecule has 0 aromatic heterocycles. The molecular weight excluding hydrogens is 310 g/mol. The van der Waals surface area contributed by atoms with Gasteiger partial charge < -0.3 is 25.1 Å². The summed E-state index contributed by atoms with van der Waals surface area (Å²) in [6, 6.07) is 5.11. The van der Waals surface area contributed by atoms with Crippen molar-refractivity contribution in [3.8, 4) is 11.5 Å². The van der Waals surface area contributed by atoms with Gasteiger partial charge in [0.1, 0.15) is 12.7 Å². The Bertz CT molecular complexity index is 518. The van der Waals surface area contributed by atoms with Gasteiger partial charge in [-0.3, -0.25) is 4.79 Å². The van der Waals surface area contributed by atoms with Crippen LogP contribution in [0.5, 0.6) is 11.5 Å². The molecule has 0 fully saturated rings. The second-order valence-corrected chi connectivity index (χ2v) is 5.99. The molecule has 0 amide bonds. The number of carbonyl (C=O) groups excluding carboxylic acids is 1. The van der Waals surface area contributed by atoms with Gasteiger partial charge in [-0.15, -0.1) is 0 Å². The molecule has 0 aliphatic rings. The molecule has 1 aromatic rings. The van der Waals surface area contributed by atoms with Gasteiger partial charge in [-0.05, 0) is 37.0 Å². The van der Waals surface area contributed by atoms with Crippen molar-refractivity contribution < 1.29 is 24.1 Å². The number of rotatable bonds is 10. The van der Waals surface area contributed by atoms with Crippen LogP contribution in [0.1, 0.15) is 32.8 Å². The van der Waals surface area contributed by atoms with Crippen LogP contribution in [0.25, 0.3) is 0 Å². The van der Waals surface area contributed by atoms with Gasteiger partial charge in [0, 0.05) is 12.5 Å². The molecule has 0 bridgehead atoms. The van der Waals surface area contributed by atoms with Crippen molar-refractivity contribution in [2.45, 2.75) is 45.8 Å². The van der Waals surface area contributed by atoms with E-state index in [1.807, 2.05) is 26.0 Å². The Hall–Kier alpha value is -1.79. The maximum absolute atomic E-state index is 11.4. The molecule has 0 aliphatic heterocycles. The van der Waals surface area contributed by atoms with Crippen molar-refractivity contribution in [3.63, 3.8) is 0 Å². The second kappa shape index (κ2) is 10.2. The quantitative estimate of drug-likeness (QED) is 0.633. The van der Waals surface area contributed by atoms with E-state index in [1.54, 1.807) is 20.1 Å². The van der Waals surface area contributed by atoms with Crippen molar-refractivity contribution in [1.82, 2.24) is 0 Å². The topological polar surface area (TPSA) is 91.0 Å². The van der Waals surface area contributed by atoms with E-state index in [2.05, 4.69) is 0 Å². The molecule has 0 aliphatic carbocycles. The normalized spacial score (nSPS) is 13.5. The third-order valence-electron chi connectivity index (χ3n) is 3.77. The highest BCUT2D eigenvalue weighted by Gasteiger charge is 2.19. The molecule has 24 heavy (non-hydrogen) atoms. The fraction of sp³-hybridized carbons (Fsp3) is 0.611. The van der Waals surface area contributed by atoms with E-state index >= 15 is 0 Å². The van der Waals surface area contributed by atoms with E-state index in [9.17, 15) is 9.90 Å². The first kappa shape index (κ1) is 20.3. The average molecular weight is 339 g/mol. The van der Waals surface area contributed by atoms with Gasteiger partial charge in [-0.1, -0.05) is 19.9 Å². The van der Waals surface area contributed by atoms with Gasteiger partial charge in [0.2, 0.25) is 0 Å². The van der Waals surface area contributed by atoms with Crippen LogP contribution >= 0.6 is 0 Å². The van der Waals surface area contributed by atoms with Crippen molar-refractivity contribution in [1.29, 1.82) is 0 Å². The molecule has 2 unspecified atom stereocenters. The van der Waals surface area contributed by atoms with Crippen molar-refractivity contribution >= 4 is 5.97 Å². The summed E-state index contributed by atoms with van der Waals surface area (Å²) in [6.45, 7) is 6.17. The number of aliphatic hydroxyl groups excluding tert-OH is 1. The molecular formula is C18H29NO5. The highest BCUT2D eigenvalue weighted by Crippen LogP contribution is 2.29. The van der Waals surface area contributed by atoms with Crippen LogP contribution in [-0.2, 0) is 16.0 Å². The number of esters is 1. The smallest absolute Gasteiger partial charge is 0.306 e. The van der Waals surface area contributed by atoms with Crippen LogP contribution in [0, 0.1) is 5.92 Å². The predicted octanol–water partition coefficient (Wildman–Crippen LogP) is 1.91.